The van der Waals surface area contributed by atoms with Crippen molar-refractivity contribution in [3.63, 3.8) is 0 Å². The normalized spacial score (nSPS) is 10.4. The molecule has 30 heavy (non-hydrogen) atoms. The van der Waals surface area contributed by atoms with E-state index < -0.39 is 0 Å². The predicted octanol–water partition coefficient (Wildman–Crippen LogP) is 4.14. The fourth-order valence-electron chi connectivity index (χ4n) is 2.46. The smallest absolute Gasteiger partial charge is 0.257 e. The van der Waals surface area contributed by atoms with Gasteiger partial charge in [0.1, 0.15) is 5.75 Å². The first-order valence-corrected chi connectivity index (χ1v) is 10.9. The Morgan fingerprint density at radius 3 is 2.50 bits per heavy atom. The molecule has 8 heteroatoms. The van der Waals surface area contributed by atoms with Crippen molar-refractivity contribution in [2.24, 2.45) is 5.92 Å². The maximum Gasteiger partial charge on any atom is 0.257 e. The number of benzene rings is 2. The zero-order valence-electron chi connectivity index (χ0n) is 17.0. The Labute approximate surface area is 190 Å². The minimum Gasteiger partial charge on any atom is -0.492 e. The summed E-state index contributed by atoms with van der Waals surface area (Å²) in [5.41, 5.74) is 6.52. The average Bonchev–Trinajstić information content (AvgIpc) is 2.72. The quantitative estimate of drug-likeness (QED) is 0.381. The van der Waals surface area contributed by atoms with Crippen LogP contribution in [0.4, 0.5) is 0 Å². The number of aryl methyl sites for hydroxylation is 1. The van der Waals surface area contributed by atoms with Crippen LogP contribution in [-0.4, -0.2) is 23.5 Å². The number of hydrogen-bond donors (Lipinski definition) is 3. The van der Waals surface area contributed by atoms with Crippen molar-refractivity contribution >= 4 is 45.1 Å². The number of halogens is 1. The molecule has 2 amide bonds. The van der Waals surface area contributed by atoms with E-state index in [0.29, 0.717) is 41.2 Å². The van der Waals surface area contributed by atoms with Gasteiger partial charge in [0.05, 0.1) is 11.1 Å². The number of hydrazine groups is 1. The third-order valence-electron chi connectivity index (χ3n) is 4.17. The number of carbonyl (C=O) groups is 2. The van der Waals surface area contributed by atoms with Gasteiger partial charge in [-0.2, -0.15) is 0 Å². The zero-order valence-corrected chi connectivity index (χ0v) is 19.4. The van der Waals surface area contributed by atoms with Crippen LogP contribution in [0, 0.1) is 5.92 Å². The van der Waals surface area contributed by atoms with Crippen molar-refractivity contribution in [3.05, 3.63) is 64.1 Å². The van der Waals surface area contributed by atoms with Gasteiger partial charge in [-0.15, -0.1) is 0 Å². The summed E-state index contributed by atoms with van der Waals surface area (Å²) in [7, 11) is 0. The van der Waals surface area contributed by atoms with E-state index in [1.807, 2.05) is 30.3 Å². The van der Waals surface area contributed by atoms with Crippen LogP contribution >= 0.6 is 28.1 Å². The van der Waals surface area contributed by atoms with Gasteiger partial charge in [0, 0.05) is 12.0 Å². The molecule has 160 valence electrons. The van der Waals surface area contributed by atoms with Gasteiger partial charge in [-0.1, -0.05) is 44.2 Å². The van der Waals surface area contributed by atoms with Gasteiger partial charge in [0.25, 0.3) is 5.91 Å². The highest BCUT2D eigenvalue weighted by atomic mass is 79.9. The number of ether oxygens (including phenoxy) is 1. The van der Waals surface area contributed by atoms with Crippen LogP contribution in [0.15, 0.2) is 53.0 Å². The van der Waals surface area contributed by atoms with Crippen LogP contribution in [-0.2, 0) is 11.2 Å². The minimum absolute atomic E-state index is 0.0152. The van der Waals surface area contributed by atoms with E-state index in [-0.39, 0.29) is 16.9 Å². The molecule has 2 aromatic rings. The van der Waals surface area contributed by atoms with Gasteiger partial charge < -0.3 is 4.74 Å². The Kier molecular flexibility index (Phi) is 9.76. The first-order valence-electron chi connectivity index (χ1n) is 9.71. The summed E-state index contributed by atoms with van der Waals surface area (Å²) in [6.45, 7) is 4.88. The number of rotatable bonds is 8. The molecular weight excluding hydrogens is 466 g/mol. The van der Waals surface area contributed by atoms with E-state index in [0.717, 1.165) is 12.0 Å². The second kappa shape index (κ2) is 12.3. The number of carbonyl (C=O) groups excluding carboxylic acids is 2. The largest absolute Gasteiger partial charge is 0.492 e. The monoisotopic (exact) mass is 491 g/mol. The molecular formula is C22H26BrN3O3S. The molecule has 0 heterocycles. The Morgan fingerprint density at radius 1 is 1.10 bits per heavy atom. The van der Waals surface area contributed by atoms with E-state index in [1.54, 1.807) is 18.2 Å². The lowest BCUT2D eigenvalue weighted by Crippen LogP contribution is -2.48. The number of amides is 2. The Bertz CT molecular complexity index is 875. The second-order valence-electron chi connectivity index (χ2n) is 7.12. The summed E-state index contributed by atoms with van der Waals surface area (Å²) in [5.74, 6) is 0.626. The molecule has 3 N–H and O–H groups in total. The van der Waals surface area contributed by atoms with Crippen molar-refractivity contribution in [2.75, 3.05) is 6.61 Å². The number of nitrogens with one attached hydrogen (secondary N) is 3. The third kappa shape index (κ3) is 8.51. The van der Waals surface area contributed by atoms with E-state index >= 15 is 0 Å². The summed E-state index contributed by atoms with van der Waals surface area (Å²) in [4.78, 5) is 24.3. The highest BCUT2D eigenvalue weighted by Crippen LogP contribution is 2.26. The fraction of sp³-hybridized carbons (Fsp3) is 0.318. The van der Waals surface area contributed by atoms with Crippen molar-refractivity contribution in [1.82, 2.24) is 16.2 Å². The summed E-state index contributed by atoms with van der Waals surface area (Å²) >= 11 is 8.50. The molecule has 0 unspecified atom stereocenters. The van der Waals surface area contributed by atoms with Crippen LogP contribution < -0.4 is 20.9 Å². The maximum absolute atomic E-state index is 12.4. The molecule has 0 fully saturated rings. The second-order valence-corrected chi connectivity index (χ2v) is 8.38. The molecule has 0 aliphatic heterocycles. The molecule has 2 aromatic carbocycles. The molecule has 0 aliphatic carbocycles. The molecule has 0 aromatic heterocycles. The van der Waals surface area contributed by atoms with Crippen molar-refractivity contribution in [3.8, 4) is 5.75 Å². The Morgan fingerprint density at radius 2 is 1.83 bits per heavy atom. The van der Waals surface area contributed by atoms with Crippen molar-refractivity contribution in [2.45, 2.75) is 33.1 Å². The first kappa shape index (κ1) is 23.8. The van der Waals surface area contributed by atoms with E-state index in [1.165, 1.54) is 0 Å². The first-order chi connectivity index (χ1) is 14.3. The van der Waals surface area contributed by atoms with Gasteiger partial charge in [-0.3, -0.25) is 25.8 Å². The van der Waals surface area contributed by atoms with Crippen molar-refractivity contribution < 1.29 is 14.3 Å². The third-order valence-corrected chi connectivity index (χ3v) is 5.00. The molecule has 6 nitrogen and oxygen atoms in total. The van der Waals surface area contributed by atoms with Gasteiger partial charge in [-0.25, -0.2) is 0 Å². The highest BCUT2D eigenvalue weighted by molar-refractivity contribution is 9.10. The van der Waals surface area contributed by atoms with Crippen LogP contribution in [0.25, 0.3) is 0 Å². The molecule has 0 radical (unpaired) electrons. The SMILES string of the molecule is CC(C)CCOc1ccc(C(=O)NC(=S)NNC(=O)CCc2ccccc2)cc1Br. The summed E-state index contributed by atoms with van der Waals surface area (Å²) < 4.78 is 6.41. The van der Waals surface area contributed by atoms with Crippen LogP contribution in [0.2, 0.25) is 0 Å². The fourth-order valence-corrected chi connectivity index (χ4v) is 3.10. The number of thiocarbonyl (C=S) groups is 1. The zero-order chi connectivity index (χ0) is 21.9. The van der Waals surface area contributed by atoms with Crippen LogP contribution in [0.3, 0.4) is 0 Å². The maximum atomic E-state index is 12.4. The molecule has 0 aliphatic rings. The van der Waals surface area contributed by atoms with Crippen molar-refractivity contribution in [1.29, 1.82) is 0 Å². The van der Waals surface area contributed by atoms with Gasteiger partial charge in [0.2, 0.25) is 5.91 Å². The lowest BCUT2D eigenvalue weighted by Gasteiger charge is -2.12. The molecule has 2 rings (SSSR count). The molecule has 0 saturated heterocycles. The summed E-state index contributed by atoms with van der Waals surface area (Å²) in [5, 5.41) is 2.55. The Balaban J connectivity index is 1.76. The van der Waals surface area contributed by atoms with Crippen LogP contribution in [0.5, 0.6) is 5.75 Å². The van der Waals surface area contributed by atoms with Gasteiger partial charge in [-0.05, 0) is 70.7 Å². The number of hydrogen-bond acceptors (Lipinski definition) is 4. The van der Waals surface area contributed by atoms with E-state index in [9.17, 15) is 9.59 Å². The average molecular weight is 492 g/mol. The lowest BCUT2D eigenvalue weighted by molar-refractivity contribution is -0.121. The van der Waals surface area contributed by atoms with E-state index in [4.69, 9.17) is 17.0 Å². The minimum atomic E-state index is -0.388. The highest BCUT2D eigenvalue weighted by Gasteiger charge is 2.12. The van der Waals surface area contributed by atoms with Gasteiger partial charge in [0.15, 0.2) is 5.11 Å². The van der Waals surface area contributed by atoms with Crippen LogP contribution in [0.1, 0.15) is 42.6 Å². The Hall–Kier alpha value is -2.45. The molecule has 0 saturated carbocycles. The summed E-state index contributed by atoms with van der Waals surface area (Å²) in [6, 6.07) is 14.8. The predicted molar refractivity (Wildman–Crippen MR) is 125 cm³/mol. The molecule has 0 bridgehead atoms. The van der Waals surface area contributed by atoms with E-state index in [2.05, 4.69) is 45.9 Å². The van der Waals surface area contributed by atoms with Gasteiger partial charge >= 0.3 is 0 Å². The standard InChI is InChI=1S/C22H26BrN3O3S/c1-15(2)12-13-29-19-10-9-17(14-18(19)23)21(28)24-22(30)26-25-20(27)11-8-16-6-4-3-5-7-16/h3-7,9-10,14-15H,8,11-13H2,1-2H3,(H,25,27)(H2,24,26,28,30). The molecule has 0 spiro atoms. The molecule has 0 atom stereocenters. The summed E-state index contributed by atoms with van der Waals surface area (Å²) in [6.07, 6.45) is 1.87. The lowest BCUT2D eigenvalue weighted by atomic mass is 10.1. The topological polar surface area (TPSA) is 79.5 Å².